The van der Waals surface area contributed by atoms with Crippen molar-refractivity contribution in [3.63, 3.8) is 0 Å². The van der Waals surface area contributed by atoms with E-state index in [4.69, 9.17) is 4.74 Å². The molecule has 8 heteroatoms. The molecule has 0 aliphatic carbocycles. The molecular formula is C31H44N4O4. The Morgan fingerprint density at radius 1 is 1.03 bits per heavy atom. The van der Waals surface area contributed by atoms with Crippen LogP contribution in [0.1, 0.15) is 45.2 Å². The number of carbonyl (C=O) groups is 3. The number of amides is 3. The van der Waals surface area contributed by atoms with Crippen molar-refractivity contribution in [1.82, 2.24) is 20.9 Å². The van der Waals surface area contributed by atoms with Gasteiger partial charge in [0.15, 0.2) is 0 Å². The molecule has 2 aromatic carbocycles. The highest BCUT2D eigenvalue weighted by atomic mass is 16.5. The number of hydrogen-bond donors (Lipinski definition) is 3. The van der Waals surface area contributed by atoms with Crippen molar-refractivity contribution in [2.24, 2.45) is 11.8 Å². The van der Waals surface area contributed by atoms with E-state index in [9.17, 15) is 14.4 Å². The molecule has 5 atom stereocenters. The first-order chi connectivity index (χ1) is 18.6. The van der Waals surface area contributed by atoms with Crippen LogP contribution in [0.2, 0.25) is 0 Å². The molecule has 39 heavy (non-hydrogen) atoms. The van der Waals surface area contributed by atoms with Crippen LogP contribution in [0.15, 0.2) is 54.6 Å². The molecule has 0 spiro atoms. The molecule has 8 nitrogen and oxygen atoms in total. The highest BCUT2D eigenvalue weighted by molar-refractivity contribution is 5.93. The Morgan fingerprint density at radius 3 is 2.28 bits per heavy atom. The van der Waals surface area contributed by atoms with Crippen molar-refractivity contribution >= 4 is 17.7 Å². The average Bonchev–Trinajstić information content (AvgIpc) is 2.92. The Hall–Kier alpha value is -3.39. The van der Waals surface area contributed by atoms with Gasteiger partial charge < -0.3 is 20.7 Å². The lowest BCUT2D eigenvalue weighted by Crippen LogP contribution is -2.62. The van der Waals surface area contributed by atoms with Crippen LogP contribution in [0.3, 0.4) is 0 Å². The zero-order valence-electron chi connectivity index (χ0n) is 24.1. The van der Waals surface area contributed by atoms with Crippen molar-refractivity contribution < 1.29 is 19.1 Å². The third-order valence-electron chi connectivity index (χ3n) is 7.47. The number of nitrogens with one attached hydrogen (secondary N) is 3. The number of hydrogen-bond acceptors (Lipinski definition) is 5. The lowest BCUT2D eigenvalue weighted by molar-refractivity contribution is -0.136. The Balaban J connectivity index is 1.98. The van der Waals surface area contributed by atoms with Crippen LogP contribution in [0.5, 0.6) is 5.75 Å². The number of carbonyl (C=O) groups excluding carboxylic acids is 3. The van der Waals surface area contributed by atoms with Crippen molar-refractivity contribution in [3.8, 4) is 5.75 Å². The van der Waals surface area contributed by atoms with Crippen molar-refractivity contribution in [3.05, 3.63) is 65.7 Å². The summed E-state index contributed by atoms with van der Waals surface area (Å²) < 4.78 is 6.38. The third kappa shape index (κ3) is 8.30. The largest absolute Gasteiger partial charge is 0.487 e. The molecule has 3 amide bonds. The van der Waals surface area contributed by atoms with Gasteiger partial charge in [-0.1, -0.05) is 76.6 Å². The predicted molar refractivity (Wildman–Crippen MR) is 153 cm³/mol. The minimum atomic E-state index is -1.02. The fraction of sp³-hybridized carbons (Fsp3) is 0.516. The van der Waals surface area contributed by atoms with E-state index in [-0.39, 0.29) is 23.7 Å². The van der Waals surface area contributed by atoms with E-state index in [2.05, 4.69) is 16.0 Å². The van der Waals surface area contributed by atoms with Gasteiger partial charge in [-0.15, -0.1) is 0 Å². The van der Waals surface area contributed by atoms with Gasteiger partial charge >= 0.3 is 0 Å². The molecule has 3 N–H and O–H groups in total. The lowest BCUT2D eigenvalue weighted by atomic mass is 9.94. The molecule has 212 valence electrons. The molecule has 0 fully saturated rings. The van der Waals surface area contributed by atoms with Crippen molar-refractivity contribution in [2.45, 2.75) is 71.2 Å². The molecule has 4 rings (SSSR count). The monoisotopic (exact) mass is 536 g/mol. The fourth-order valence-corrected chi connectivity index (χ4v) is 4.76. The van der Waals surface area contributed by atoms with E-state index < -0.39 is 30.1 Å². The van der Waals surface area contributed by atoms with Crippen LogP contribution >= 0.6 is 0 Å². The molecule has 2 aromatic rings. The van der Waals surface area contributed by atoms with Crippen molar-refractivity contribution in [2.75, 3.05) is 20.6 Å². The van der Waals surface area contributed by atoms with Crippen LogP contribution < -0.4 is 20.7 Å². The zero-order chi connectivity index (χ0) is 28.5. The smallest absolute Gasteiger partial charge is 0.247 e. The molecule has 0 saturated carbocycles. The van der Waals surface area contributed by atoms with Crippen LogP contribution in [0, 0.1) is 11.8 Å². The molecule has 0 saturated heterocycles. The van der Waals surface area contributed by atoms with Gasteiger partial charge in [0.25, 0.3) is 0 Å². The maximum absolute atomic E-state index is 13.9. The summed E-state index contributed by atoms with van der Waals surface area (Å²) >= 11 is 0. The normalized spacial score (nSPS) is 21.9. The Kier molecular flexibility index (Phi) is 10.9. The maximum Gasteiger partial charge on any atom is 0.247 e. The average molecular weight is 537 g/mol. The third-order valence-corrected chi connectivity index (χ3v) is 7.47. The summed E-state index contributed by atoms with van der Waals surface area (Å²) in [5, 5.41) is 8.96. The number of likely N-dealkylation sites (N-methyl/N-ethyl adjacent to an activating group) is 1. The molecule has 2 aliphatic rings. The second kappa shape index (κ2) is 14.1. The SMILES string of the molecule is CCC(C)C1NC(=O)C(NC(=O)C(Cc2ccccc2)N(C)C)C(C(C)C)Oc2ccc(cc2)CCNC1=O. The van der Waals surface area contributed by atoms with Crippen LogP contribution in [-0.2, 0) is 27.2 Å². The summed E-state index contributed by atoms with van der Waals surface area (Å²) in [6.45, 7) is 8.31. The van der Waals surface area contributed by atoms with Crippen LogP contribution in [-0.4, -0.2) is 67.5 Å². The standard InChI is InChI=1S/C31H44N4O4/c1-7-21(4)26-30(37)32-18-17-22-13-15-24(16-14-22)39-28(20(2)3)27(31(38)33-26)34-29(36)25(35(5)6)19-23-11-9-8-10-12-23/h8-16,20-21,25-28H,7,17-19H2,1-6H3,(H,32,37)(H,33,38)(H,34,36). The topological polar surface area (TPSA) is 99.8 Å². The van der Waals surface area contributed by atoms with E-state index in [0.29, 0.717) is 31.6 Å². The van der Waals surface area contributed by atoms with Gasteiger partial charge in [-0.2, -0.15) is 0 Å². The van der Waals surface area contributed by atoms with E-state index in [0.717, 1.165) is 11.1 Å². The van der Waals surface area contributed by atoms with Gasteiger partial charge in [-0.3, -0.25) is 19.3 Å². The number of benzene rings is 2. The number of fused-ring (bicyclic) bond motifs is 11. The van der Waals surface area contributed by atoms with Crippen LogP contribution in [0.4, 0.5) is 0 Å². The first-order valence-electron chi connectivity index (χ1n) is 13.9. The van der Waals surface area contributed by atoms with Gasteiger partial charge in [0.05, 0.1) is 6.04 Å². The van der Waals surface area contributed by atoms with E-state index in [1.54, 1.807) is 0 Å². The number of rotatable bonds is 8. The quantitative estimate of drug-likeness (QED) is 0.482. The molecule has 0 aromatic heterocycles. The van der Waals surface area contributed by atoms with Crippen LogP contribution in [0.25, 0.3) is 0 Å². The Morgan fingerprint density at radius 2 is 1.69 bits per heavy atom. The summed E-state index contributed by atoms with van der Waals surface area (Å²) in [5.41, 5.74) is 2.09. The number of nitrogens with zero attached hydrogens (tertiary/aromatic N) is 1. The molecular weight excluding hydrogens is 492 g/mol. The summed E-state index contributed by atoms with van der Waals surface area (Å²) in [5.74, 6) is -0.530. The first-order valence-corrected chi connectivity index (χ1v) is 13.9. The Bertz CT molecular complexity index is 1090. The highest BCUT2D eigenvalue weighted by Crippen LogP contribution is 2.21. The van der Waals surface area contributed by atoms with Gasteiger partial charge in [0.2, 0.25) is 17.7 Å². The number of ether oxygens (including phenoxy) is 1. The Labute approximate surface area is 232 Å². The second-order valence-electron chi connectivity index (χ2n) is 11.0. The lowest BCUT2D eigenvalue weighted by Gasteiger charge is -2.34. The molecule has 0 radical (unpaired) electrons. The van der Waals surface area contributed by atoms with Gasteiger partial charge in [-0.05, 0) is 62.0 Å². The predicted octanol–water partition coefficient (Wildman–Crippen LogP) is 2.95. The highest BCUT2D eigenvalue weighted by Gasteiger charge is 2.38. The first kappa shape index (κ1) is 30.2. The summed E-state index contributed by atoms with van der Waals surface area (Å²) in [6, 6.07) is 15.2. The fourth-order valence-electron chi connectivity index (χ4n) is 4.76. The minimum Gasteiger partial charge on any atom is -0.487 e. The minimum absolute atomic E-state index is 0.0949. The van der Waals surface area contributed by atoms with Crippen molar-refractivity contribution in [1.29, 1.82) is 0 Å². The van der Waals surface area contributed by atoms with E-state index >= 15 is 0 Å². The summed E-state index contributed by atoms with van der Waals surface area (Å²) in [7, 11) is 3.70. The van der Waals surface area contributed by atoms with Gasteiger partial charge in [0.1, 0.15) is 23.9 Å². The van der Waals surface area contributed by atoms with E-state index in [1.165, 1.54) is 0 Å². The molecule has 5 unspecified atom stereocenters. The van der Waals surface area contributed by atoms with E-state index in [1.807, 2.05) is 101 Å². The van der Waals surface area contributed by atoms with Gasteiger partial charge in [-0.25, -0.2) is 0 Å². The summed E-state index contributed by atoms with van der Waals surface area (Å²) in [4.78, 5) is 42.7. The second-order valence-corrected chi connectivity index (χ2v) is 11.0. The maximum atomic E-state index is 13.9. The summed E-state index contributed by atoms with van der Waals surface area (Å²) in [6.07, 6.45) is 1.20. The molecule has 2 bridgehead atoms. The van der Waals surface area contributed by atoms with Gasteiger partial charge in [0, 0.05) is 6.54 Å². The molecule has 2 aliphatic heterocycles. The zero-order valence-corrected chi connectivity index (χ0v) is 24.1. The molecule has 2 heterocycles.